The molecule has 0 aliphatic carbocycles. The third-order valence-electron chi connectivity index (χ3n) is 4.43. The molecule has 118 valence electrons. The van der Waals surface area contributed by atoms with E-state index in [1.807, 2.05) is 37.4 Å². The van der Waals surface area contributed by atoms with E-state index in [1.165, 1.54) is 10.6 Å². The number of benzene rings is 1. The number of anilines is 1. The highest BCUT2D eigenvalue weighted by atomic mass is 32.2. The minimum atomic E-state index is -3.23. The number of pyridine rings is 1. The van der Waals surface area contributed by atoms with Gasteiger partial charge < -0.3 is 4.40 Å². The van der Waals surface area contributed by atoms with Gasteiger partial charge in [0.15, 0.2) is 0 Å². The molecule has 0 fully saturated rings. The van der Waals surface area contributed by atoms with E-state index < -0.39 is 10.0 Å². The van der Waals surface area contributed by atoms with Crippen LogP contribution in [0.25, 0.3) is 16.6 Å². The van der Waals surface area contributed by atoms with Gasteiger partial charge in [0.25, 0.3) is 0 Å². The van der Waals surface area contributed by atoms with Crippen molar-refractivity contribution < 1.29 is 8.42 Å². The first-order chi connectivity index (χ1) is 10.9. The molecule has 1 atom stereocenters. The smallest absolute Gasteiger partial charge is 0.232 e. The van der Waals surface area contributed by atoms with Crippen molar-refractivity contribution in [2.24, 2.45) is 0 Å². The van der Waals surface area contributed by atoms with Gasteiger partial charge in [0.05, 0.1) is 11.9 Å². The van der Waals surface area contributed by atoms with Gasteiger partial charge >= 0.3 is 0 Å². The van der Waals surface area contributed by atoms with E-state index in [2.05, 4.69) is 28.8 Å². The molecule has 3 heterocycles. The summed E-state index contributed by atoms with van der Waals surface area (Å²) in [6.07, 6.45) is 6.15. The SMILES string of the molecule is C[C@@H]1Cc2cc(-c3cc4ccccn4c3)ccc2N1S(C)(=O)=O. The molecule has 1 aliphatic rings. The molecule has 0 saturated carbocycles. The van der Waals surface area contributed by atoms with Crippen LogP contribution in [-0.4, -0.2) is 25.1 Å². The van der Waals surface area contributed by atoms with Crippen LogP contribution >= 0.6 is 0 Å². The molecule has 3 aromatic rings. The minimum Gasteiger partial charge on any atom is -0.323 e. The van der Waals surface area contributed by atoms with Crippen molar-refractivity contribution in [1.29, 1.82) is 0 Å². The topological polar surface area (TPSA) is 41.8 Å². The van der Waals surface area contributed by atoms with Gasteiger partial charge in [-0.2, -0.15) is 0 Å². The molecule has 1 aromatic carbocycles. The Hall–Kier alpha value is -2.27. The van der Waals surface area contributed by atoms with Gasteiger partial charge in [0, 0.05) is 29.5 Å². The predicted molar refractivity (Wildman–Crippen MR) is 93.3 cm³/mol. The zero-order valence-corrected chi connectivity index (χ0v) is 13.9. The second-order valence-electron chi connectivity index (χ2n) is 6.22. The summed E-state index contributed by atoms with van der Waals surface area (Å²) in [5, 5.41) is 0. The van der Waals surface area contributed by atoms with E-state index in [1.54, 1.807) is 0 Å². The van der Waals surface area contributed by atoms with Crippen LogP contribution in [0.1, 0.15) is 12.5 Å². The van der Waals surface area contributed by atoms with Gasteiger partial charge in [-0.1, -0.05) is 12.1 Å². The molecule has 5 heteroatoms. The van der Waals surface area contributed by atoms with Gasteiger partial charge in [0.1, 0.15) is 0 Å². The van der Waals surface area contributed by atoms with Crippen molar-refractivity contribution in [2.75, 3.05) is 10.6 Å². The number of hydrogen-bond acceptors (Lipinski definition) is 2. The number of aromatic nitrogens is 1. The van der Waals surface area contributed by atoms with Crippen molar-refractivity contribution in [3.8, 4) is 11.1 Å². The predicted octanol–water partition coefficient (Wildman–Crippen LogP) is 3.32. The maximum absolute atomic E-state index is 12.0. The van der Waals surface area contributed by atoms with Crippen LogP contribution in [0.2, 0.25) is 0 Å². The highest BCUT2D eigenvalue weighted by Crippen LogP contribution is 2.37. The average Bonchev–Trinajstić information content (AvgIpc) is 3.05. The first kappa shape index (κ1) is 14.3. The monoisotopic (exact) mass is 326 g/mol. The number of hydrogen-bond donors (Lipinski definition) is 0. The summed E-state index contributed by atoms with van der Waals surface area (Å²) in [6, 6.07) is 14.3. The quantitative estimate of drug-likeness (QED) is 0.725. The molecular formula is C18H18N2O2S. The fraction of sp³-hybridized carbons (Fsp3) is 0.222. The van der Waals surface area contributed by atoms with Crippen LogP contribution in [0.15, 0.2) is 54.9 Å². The lowest BCUT2D eigenvalue weighted by Crippen LogP contribution is -2.34. The Morgan fingerprint density at radius 1 is 1.09 bits per heavy atom. The van der Waals surface area contributed by atoms with Gasteiger partial charge in [-0.25, -0.2) is 8.42 Å². The fourth-order valence-corrected chi connectivity index (χ4v) is 4.76. The summed E-state index contributed by atoms with van der Waals surface area (Å²) < 4.78 is 27.6. The average molecular weight is 326 g/mol. The lowest BCUT2D eigenvalue weighted by molar-refractivity contribution is 0.590. The first-order valence-electron chi connectivity index (χ1n) is 7.63. The maximum atomic E-state index is 12.0. The third kappa shape index (κ3) is 2.32. The van der Waals surface area contributed by atoms with E-state index in [-0.39, 0.29) is 6.04 Å². The molecule has 0 radical (unpaired) electrons. The zero-order valence-electron chi connectivity index (χ0n) is 13.1. The normalized spacial score (nSPS) is 17.7. The highest BCUT2D eigenvalue weighted by Gasteiger charge is 2.32. The zero-order chi connectivity index (χ0) is 16.2. The molecule has 0 spiro atoms. The van der Waals surface area contributed by atoms with Crippen LogP contribution in [0, 0.1) is 0 Å². The minimum absolute atomic E-state index is 0.0247. The van der Waals surface area contributed by atoms with E-state index >= 15 is 0 Å². The van der Waals surface area contributed by atoms with Gasteiger partial charge in [0.2, 0.25) is 10.0 Å². The van der Waals surface area contributed by atoms with Gasteiger partial charge in [-0.3, -0.25) is 4.31 Å². The summed E-state index contributed by atoms with van der Waals surface area (Å²) in [4.78, 5) is 0. The largest absolute Gasteiger partial charge is 0.323 e. The first-order valence-corrected chi connectivity index (χ1v) is 9.48. The second-order valence-corrected chi connectivity index (χ2v) is 8.08. The maximum Gasteiger partial charge on any atom is 0.232 e. The lowest BCUT2D eigenvalue weighted by atomic mass is 10.0. The van der Waals surface area contributed by atoms with E-state index in [0.29, 0.717) is 0 Å². The van der Waals surface area contributed by atoms with Crippen LogP contribution in [0.4, 0.5) is 5.69 Å². The molecule has 1 aliphatic heterocycles. The van der Waals surface area contributed by atoms with Crippen LogP contribution in [0.3, 0.4) is 0 Å². The third-order valence-corrected chi connectivity index (χ3v) is 5.70. The molecule has 23 heavy (non-hydrogen) atoms. The molecular weight excluding hydrogens is 308 g/mol. The van der Waals surface area contributed by atoms with E-state index in [4.69, 9.17) is 0 Å². The number of nitrogens with zero attached hydrogens (tertiary/aromatic N) is 2. The van der Waals surface area contributed by atoms with E-state index in [0.717, 1.165) is 34.3 Å². The second kappa shape index (κ2) is 4.86. The van der Waals surface area contributed by atoms with Crippen LogP contribution in [-0.2, 0) is 16.4 Å². The lowest BCUT2D eigenvalue weighted by Gasteiger charge is -2.21. The molecule has 0 amide bonds. The molecule has 4 rings (SSSR count). The standard InChI is InChI=1S/C18H18N2O2S/c1-13-9-15-10-14(6-7-18(15)20(13)23(2,21)22)16-11-17-5-3-4-8-19(17)12-16/h3-8,10-13H,9H2,1-2H3/t13-/m1/s1. The number of fused-ring (bicyclic) bond motifs is 2. The summed E-state index contributed by atoms with van der Waals surface area (Å²) in [5.41, 5.74) is 5.32. The van der Waals surface area contributed by atoms with Gasteiger partial charge in [-0.15, -0.1) is 0 Å². The Balaban J connectivity index is 1.81. The van der Waals surface area contributed by atoms with E-state index in [9.17, 15) is 8.42 Å². The molecule has 0 saturated heterocycles. The number of sulfonamides is 1. The summed E-state index contributed by atoms with van der Waals surface area (Å²) in [7, 11) is -3.23. The summed E-state index contributed by atoms with van der Waals surface area (Å²) in [6.45, 7) is 1.95. The Bertz CT molecular complexity index is 972. The molecule has 0 unspecified atom stereocenters. The summed E-state index contributed by atoms with van der Waals surface area (Å²) in [5.74, 6) is 0. The van der Waals surface area contributed by atoms with Crippen molar-refractivity contribution in [3.63, 3.8) is 0 Å². The molecule has 4 nitrogen and oxygen atoms in total. The van der Waals surface area contributed by atoms with Crippen molar-refractivity contribution >= 4 is 21.2 Å². The molecule has 0 bridgehead atoms. The highest BCUT2D eigenvalue weighted by molar-refractivity contribution is 7.92. The van der Waals surface area contributed by atoms with Crippen LogP contribution < -0.4 is 4.31 Å². The Kier molecular flexibility index (Phi) is 3.03. The van der Waals surface area contributed by atoms with Crippen molar-refractivity contribution in [2.45, 2.75) is 19.4 Å². The van der Waals surface area contributed by atoms with Gasteiger partial charge in [-0.05, 0) is 54.8 Å². The Morgan fingerprint density at radius 2 is 1.91 bits per heavy atom. The van der Waals surface area contributed by atoms with Crippen molar-refractivity contribution in [3.05, 3.63) is 60.4 Å². The molecule has 0 N–H and O–H groups in total. The Morgan fingerprint density at radius 3 is 2.65 bits per heavy atom. The molecule has 2 aromatic heterocycles. The van der Waals surface area contributed by atoms with Crippen molar-refractivity contribution in [1.82, 2.24) is 4.40 Å². The Labute approximate surface area is 136 Å². The summed E-state index contributed by atoms with van der Waals surface area (Å²) >= 11 is 0. The van der Waals surface area contributed by atoms with Crippen LogP contribution in [0.5, 0.6) is 0 Å². The fourth-order valence-electron chi connectivity index (χ4n) is 3.50. The number of rotatable bonds is 2.